The summed E-state index contributed by atoms with van der Waals surface area (Å²) in [6.07, 6.45) is -4.87. The lowest BCUT2D eigenvalue weighted by Gasteiger charge is -2.49. The largest absolute Gasteiger partial charge is 0.479 e. The maximum Gasteiger partial charge on any atom is 0.332 e. The Hall–Kier alpha value is -2.82. The molecule has 182 valence electrons. The smallest absolute Gasteiger partial charge is 0.332 e. The first-order chi connectivity index (χ1) is 16.4. The molecule has 0 unspecified atom stereocenters. The number of fused-ring (bicyclic) bond motifs is 1. The molecule has 0 spiro atoms. The molecule has 2 aliphatic rings. The lowest BCUT2D eigenvalue weighted by Crippen LogP contribution is -2.67. The quantitative estimate of drug-likeness (QED) is 0.604. The molecule has 2 fully saturated rings. The zero-order valence-corrected chi connectivity index (χ0v) is 19.0. The third kappa shape index (κ3) is 5.81. The molecule has 2 aromatic carbocycles. The van der Waals surface area contributed by atoms with Gasteiger partial charge in [0, 0.05) is 12.5 Å². The number of nitrogens with one attached hydrogen (secondary N) is 1. The Kier molecular flexibility index (Phi) is 7.91. The van der Waals surface area contributed by atoms with Gasteiger partial charge >= 0.3 is 5.97 Å². The Morgan fingerprint density at radius 3 is 2.41 bits per heavy atom. The van der Waals surface area contributed by atoms with Gasteiger partial charge in [0.05, 0.1) is 13.2 Å². The SMILES string of the molecule is CC(=O)N[C@H]1[C@@H](OCc2ccccc2)O[C@@H]2CO[C@@H](c3ccccc3)O[C@H]2[C@@H]1O[C@H](C)C(=O)O. The van der Waals surface area contributed by atoms with E-state index in [2.05, 4.69) is 5.32 Å². The number of carbonyl (C=O) groups is 2. The molecule has 2 aliphatic heterocycles. The summed E-state index contributed by atoms with van der Waals surface area (Å²) in [5, 5.41) is 12.3. The zero-order valence-electron chi connectivity index (χ0n) is 19.0. The van der Waals surface area contributed by atoms with Gasteiger partial charge in [0.15, 0.2) is 18.7 Å². The van der Waals surface area contributed by atoms with Crippen molar-refractivity contribution >= 4 is 11.9 Å². The van der Waals surface area contributed by atoms with Crippen molar-refractivity contribution in [2.24, 2.45) is 0 Å². The van der Waals surface area contributed by atoms with Gasteiger partial charge in [-0.3, -0.25) is 4.79 Å². The maximum absolute atomic E-state index is 12.1. The highest BCUT2D eigenvalue weighted by molar-refractivity contribution is 5.73. The Morgan fingerprint density at radius 2 is 1.76 bits per heavy atom. The third-order valence-electron chi connectivity index (χ3n) is 5.75. The summed E-state index contributed by atoms with van der Waals surface area (Å²) in [6.45, 7) is 3.22. The molecule has 0 saturated carbocycles. The van der Waals surface area contributed by atoms with E-state index >= 15 is 0 Å². The summed E-state index contributed by atoms with van der Waals surface area (Å²) in [4.78, 5) is 23.7. The Bertz CT molecular complexity index is 956. The average molecular weight is 472 g/mol. The van der Waals surface area contributed by atoms with Crippen LogP contribution in [0.25, 0.3) is 0 Å². The van der Waals surface area contributed by atoms with Gasteiger partial charge in [-0.2, -0.15) is 0 Å². The van der Waals surface area contributed by atoms with E-state index in [1.807, 2.05) is 60.7 Å². The summed E-state index contributed by atoms with van der Waals surface area (Å²) in [6, 6.07) is 18.1. The van der Waals surface area contributed by atoms with Crippen molar-refractivity contribution < 1.29 is 38.4 Å². The molecule has 9 heteroatoms. The zero-order chi connectivity index (χ0) is 24.1. The number of amides is 1. The van der Waals surface area contributed by atoms with Crippen LogP contribution in [0.5, 0.6) is 0 Å². The van der Waals surface area contributed by atoms with Crippen LogP contribution in [0.1, 0.15) is 31.3 Å². The summed E-state index contributed by atoms with van der Waals surface area (Å²) < 4.78 is 30.3. The summed E-state index contributed by atoms with van der Waals surface area (Å²) in [5.41, 5.74) is 1.73. The highest BCUT2D eigenvalue weighted by atomic mass is 16.8. The van der Waals surface area contributed by atoms with Crippen LogP contribution in [0.3, 0.4) is 0 Å². The molecular weight excluding hydrogens is 442 g/mol. The number of ether oxygens (including phenoxy) is 5. The molecule has 4 rings (SSSR count). The van der Waals surface area contributed by atoms with Crippen LogP contribution in [-0.4, -0.2) is 60.3 Å². The fraction of sp³-hybridized carbons (Fsp3) is 0.440. The van der Waals surface area contributed by atoms with Crippen molar-refractivity contribution in [2.75, 3.05) is 6.61 Å². The fourth-order valence-electron chi connectivity index (χ4n) is 4.09. The highest BCUT2D eigenvalue weighted by Crippen LogP contribution is 2.36. The van der Waals surface area contributed by atoms with E-state index in [9.17, 15) is 14.7 Å². The molecule has 2 aromatic rings. The van der Waals surface area contributed by atoms with Crippen LogP contribution in [0.15, 0.2) is 60.7 Å². The second kappa shape index (κ2) is 11.1. The maximum atomic E-state index is 12.1. The Morgan fingerprint density at radius 1 is 1.09 bits per heavy atom. The summed E-state index contributed by atoms with van der Waals surface area (Å²) in [7, 11) is 0. The molecule has 2 saturated heterocycles. The monoisotopic (exact) mass is 471 g/mol. The van der Waals surface area contributed by atoms with Crippen LogP contribution < -0.4 is 5.32 Å². The minimum absolute atomic E-state index is 0.184. The number of benzene rings is 2. The first-order valence-electron chi connectivity index (χ1n) is 11.2. The van der Waals surface area contributed by atoms with Crippen molar-refractivity contribution in [2.45, 2.75) is 63.5 Å². The fourth-order valence-corrected chi connectivity index (χ4v) is 4.09. The van der Waals surface area contributed by atoms with E-state index in [1.54, 1.807) is 0 Å². The number of hydrogen-bond donors (Lipinski definition) is 2. The van der Waals surface area contributed by atoms with E-state index in [-0.39, 0.29) is 19.1 Å². The number of carboxylic acids is 1. The summed E-state index contributed by atoms with van der Waals surface area (Å²) >= 11 is 0. The number of hydrogen-bond acceptors (Lipinski definition) is 7. The van der Waals surface area contributed by atoms with Gasteiger partial charge in [-0.1, -0.05) is 60.7 Å². The van der Waals surface area contributed by atoms with Crippen molar-refractivity contribution in [3.8, 4) is 0 Å². The lowest BCUT2D eigenvalue weighted by atomic mass is 9.95. The van der Waals surface area contributed by atoms with Crippen LogP contribution >= 0.6 is 0 Å². The van der Waals surface area contributed by atoms with E-state index < -0.39 is 49.0 Å². The molecular formula is C25H29NO8. The molecule has 0 aliphatic carbocycles. The molecule has 7 atom stereocenters. The van der Waals surface area contributed by atoms with Crippen molar-refractivity contribution in [3.63, 3.8) is 0 Å². The van der Waals surface area contributed by atoms with Gasteiger partial charge in [0.25, 0.3) is 0 Å². The topological polar surface area (TPSA) is 113 Å². The van der Waals surface area contributed by atoms with Gasteiger partial charge in [-0.05, 0) is 12.5 Å². The predicted octanol–water partition coefficient (Wildman–Crippen LogP) is 2.41. The molecule has 0 bridgehead atoms. The number of carbonyl (C=O) groups excluding carboxylic acids is 1. The van der Waals surface area contributed by atoms with E-state index in [1.165, 1.54) is 13.8 Å². The number of aliphatic carboxylic acids is 1. The van der Waals surface area contributed by atoms with Gasteiger partial charge in [-0.25, -0.2) is 4.79 Å². The van der Waals surface area contributed by atoms with E-state index in [4.69, 9.17) is 23.7 Å². The van der Waals surface area contributed by atoms with Gasteiger partial charge in [0.2, 0.25) is 5.91 Å². The normalized spacial score (nSPS) is 29.6. The minimum atomic E-state index is -1.14. The first-order valence-corrected chi connectivity index (χ1v) is 11.2. The Labute approximate surface area is 197 Å². The minimum Gasteiger partial charge on any atom is -0.479 e. The molecule has 0 radical (unpaired) electrons. The standard InChI is InChI=1S/C25H29NO8/c1-15(23(28)29)32-22-20(26-16(2)27)25(30-13-17-9-5-3-6-10-17)33-19-14-31-24(34-21(19)22)18-11-7-4-8-12-18/h3-12,15,19-22,24-25H,13-14H2,1-2H3,(H,26,27)(H,28,29)/t15-,19-,20-,21-,22-,24-,25+/m1/s1. The van der Waals surface area contributed by atoms with Crippen LogP contribution in [0.2, 0.25) is 0 Å². The van der Waals surface area contributed by atoms with Crippen LogP contribution in [0, 0.1) is 0 Å². The van der Waals surface area contributed by atoms with Crippen LogP contribution in [0.4, 0.5) is 0 Å². The first kappa shape index (κ1) is 24.3. The third-order valence-corrected chi connectivity index (χ3v) is 5.75. The lowest BCUT2D eigenvalue weighted by molar-refractivity contribution is -0.351. The second-order valence-electron chi connectivity index (χ2n) is 8.32. The van der Waals surface area contributed by atoms with Crippen molar-refractivity contribution in [1.29, 1.82) is 0 Å². The van der Waals surface area contributed by atoms with E-state index in [0.29, 0.717) is 0 Å². The molecule has 34 heavy (non-hydrogen) atoms. The van der Waals surface area contributed by atoms with Gasteiger partial charge in [0.1, 0.15) is 24.4 Å². The van der Waals surface area contributed by atoms with Gasteiger partial charge < -0.3 is 34.1 Å². The Balaban J connectivity index is 1.59. The van der Waals surface area contributed by atoms with E-state index in [0.717, 1.165) is 11.1 Å². The van der Waals surface area contributed by atoms with Crippen molar-refractivity contribution in [1.82, 2.24) is 5.32 Å². The van der Waals surface area contributed by atoms with Crippen LogP contribution in [-0.2, 0) is 39.9 Å². The molecule has 2 heterocycles. The molecule has 0 aromatic heterocycles. The number of rotatable bonds is 8. The molecule has 9 nitrogen and oxygen atoms in total. The van der Waals surface area contributed by atoms with Gasteiger partial charge in [-0.15, -0.1) is 0 Å². The number of carboxylic acid groups (broad SMARTS) is 1. The summed E-state index contributed by atoms with van der Waals surface area (Å²) in [5.74, 6) is -1.46. The average Bonchev–Trinajstić information content (AvgIpc) is 2.84. The molecule has 1 amide bonds. The van der Waals surface area contributed by atoms with Crippen molar-refractivity contribution in [3.05, 3.63) is 71.8 Å². The molecule has 2 N–H and O–H groups in total. The second-order valence-corrected chi connectivity index (χ2v) is 8.32. The predicted molar refractivity (Wildman–Crippen MR) is 119 cm³/mol. The highest BCUT2D eigenvalue weighted by Gasteiger charge is 2.52.